The highest BCUT2D eigenvalue weighted by Crippen LogP contribution is 2.32. The zero-order valence-corrected chi connectivity index (χ0v) is 11.7. The van der Waals surface area contributed by atoms with Gasteiger partial charge in [-0.15, -0.1) is 0 Å². The van der Waals surface area contributed by atoms with Gasteiger partial charge in [-0.2, -0.15) is 0 Å². The standard InChI is InChI=1S/C17H20N2O/c1-20-15-4-2-3-12(9-15)11-19-17-8-5-13-10-14(18)6-7-16(13)17/h2-4,6-7,9-10,17,19H,5,8,11,18H2,1H3. The summed E-state index contributed by atoms with van der Waals surface area (Å²) in [5.41, 5.74) is 10.7. The van der Waals surface area contributed by atoms with E-state index in [1.807, 2.05) is 18.2 Å². The van der Waals surface area contributed by atoms with E-state index in [-0.39, 0.29) is 0 Å². The molecule has 1 aliphatic rings. The van der Waals surface area contributed by atoms with Crippen molar-refractivity contribution in [1.29, 1.82) is 0 Å². The van der Waals surface area contributed by atoms with Gasteiger partial charge in [-0.3, -0.25) is 0 Å². The topological polar surface area (TPSA) is 47.3 Å². The lowest BCUT2D eigenvalue weighted by molar-refractivity contribution is 0.413. The predicted molar refractivity (Wildman–Crippen MR) is 81.8 cm³/mol. The van der Waals surface area contributed by atoms with Gasteiger partial charge in [-0.05, 0) is 53.8 Å². The second-order valence-electron chi connectivity index (χ2n) is 5.28. The fourth-order valence-electron chi connectivity index (χ4n) is 2.87. The van der Waals surface area contributed by atoms with Gasteiger partial charge in [0.25, 0.3) is 0 Å². The summed E-state index contributed by atoms with van der Waals surface area (Å²) < 4.78 is 5.25. The molecule has 3 rings (SSSR count). The van der Waals surface area contributed by atoms with Gasteiger partial charge < -0.3 is 15.8 Å². The van der Waals surface area contributed by atoms with Crippen LogP contribution in [-0.2, 0) is 13.0 Å². The third-order valence-corrected chi connectivity index (χ3v) is 3.93. The van der Waals surface area contributed by atoms with Crippen molar-refractivity contribution in [2.24, 2.45) is 0 Å². The van der Waals surface area contributed by atoms with E-state index in [4.69, 9.17) is 10.5 Å². The van der Waals surface area contributed by atoms with Crippen LogP contribution in [0.25, 0.3) is 0 Å². The third kappa shape index (κ3) is 2.63. The summed E-state index contributed by atoms with van der Waals surface area (Å²) in [6.07, 6.45) is 2.25. The molecule has 2 aromatic carbocycles. The number of anilines is 1. The van der Waals surface area contributed by atoms with Crippen LogP contribution >= 0.6 is 0 Å². The second-order valence-corrected chi connectivity index (χ2v) is 5.28. The van der Waals surface area contributed by atoms with Crippen molar-refractivity contribution in [1.82, 2.24) is 5.32 Å². The molecule has 0 radical (unpaired) electrons. The van der Waals surface area contributed by atoms with Gasteiger partial charge in [0, 0.05) is 18.3 Å². The summed E-state index contributed by atoms with van der Waals surface area (Å²) >= 11 is 0. The van der Waals surface area contributed by atoms with Gasteiger partial charge in [0.15, 0.2) is 0 Å². The highest BCUT2D eigenvalue weighted by atomic mass is 16.5. The molecule has 20 heavy (non-hydrogen) atoms. The Hall–Kier alpha value is -2.00. The van der Waals surface area contributed by atoms with E-state index in [2.05, 4.69) is 29.6 Å². The van der Waals surface area contributed by atoms with Crippen LogP contribution < -0.4 is 15.8 Å². The lowest BCUT2D eigenvalue weighted by Gasteiger charge is -2.14. The molecule has 0 spiro atoms. The maximum Gasteiger partial charge on any atom is 0.119 e. The SMILES string of the molecule is COc1cccc(CNC2CCc3cc(N)ccc32)c1. The molecule has 1 unspecified atom stereocenters. The number of fused-ring (bicyclic) bond motifs is 1. The van der Waals surface area contributed by atoms with E-state index in [0.717, 1.165) is 30.8 Å². The van der Waals surface area contributed by atoms with Crippen LogP contribution in [0.2, 0.25) is 0 Å². The van der Waals surface area contributed by atoms with Crippen molar-refractivity contribution in [3.63, 3.8) is 0 Å². The second kappa shape index (κ2) is 5.55. The molecular formula is C17H20N2O. The largest absolute Gasteiger partial charge is 0.497 e. The van der Waals surface area contributed by atoms with Crippen molar-refractivity contribution < 1.29 is 4.74 Å². The number of hydrogen-bond acceptors (Lipinski definition) is 3. The van der Waals surface area contributed by atoms with Crippen molar-refractivity contribution >= 4 is 5.69 Å². The third-order valence-electron chi connectivity index (χ3n) is 3.93. The number of nitrogens with two attached hydrogens (primary N) is 1. The van der Waals surface area contributed by atoms with Crippen molar-refractivity contribution in [2.45, 2.75) is 25.4 Å². The van der Waals surface area contributed by atoms with E-state index in [9.17, 15) is 0 Å². The van der Waals surface area contributed by atoms with Crippen LogP contribution in [0.4, 0.5) is 5.69 Å². The van der Waals surface area contributed by atoms with Crippen molar-refractivity contribution in [2.75, 3.05) is 12.8 Å². The van der Waals surface area contributed by atoms with Crippen molar-refractivity contribution in [3.05, 3.63) is 59.2 Å². The maximum absolute atomic E-state index is 5.84. The van der Waals surface area contributed by atoms with Crippen LogP contribution in [0.1, 0.15) is 29.2 Å². The molecule has 0 amide bonds. The first-order valence-electron chi connectivity index (χ1n) is 7.01. The molecule has 3 nitrogen and oxygen atoms in total. The number of methoxy groups -OCH3 is 1. The average Bonchev–Trinajstić information content (AvgIpc) is 2.87. The molecule has 104 valence electrons. The first-order valence-corrected chi connectivity index (χ1v) is 7.01. The van der Waals surface area contributed by atoms with Gasteiger partial charge in [-0.1, -0.05) is 18.2 Å². The molecule has 0 heterocycles. The molecule has 1 atom stereocenters. The summed E-state index contributed by atoms with van der Waals surface area (Å²) in [7, 11) is 1.70. The van der Waals surface area contributed by atoms with E-state index in [0.29, 0.717) is 6.04 Å². The lowest BCUT2D eigenvalue weighted by atomic mass is 10.1. The van der Waals surface area contributed by atoms with Gasteiger partial charge in [0.2, 0.25) is 0 Å². The Labute approximate surface area is 119 Å². The van der Waals surface area contributed by atoms with E-state index in [1.165, 1.54) is 16.7 Å². The zero-order valence-electron chi connectivity index (χ0n) is 11.7. The lowest BCUT2D eigenvalue weighted by Crippen LogP contribution is -2.18. The highest BCUT2D eigenvalue weighted by molar-refractivity contribution is 5.47. The normalized spacial score (nSPS) is 16.9. The molecule has 3 heteroatoms. The van der Waals surface area contributed by atoms with Gasteiger partial charge in [0.1, 0.15) is 5.75 Å². The minimum Gasteiger partial charge on any atom is -0.497 e. The first kappa shape index (κ1) is 13.0. The Bertz CT molecular complexity index is 610. The van der Waals surface area contributed by atoms with E-state index >= 15 is 0 Å². The Morgan fingerprint density at radius 1 is 1.25 bits per heavy atom. The van der Waals surface area contributed by atoms with Gasteiger partial charge >= 0.3 is 0 Å². The van der Waals surface area contributed by atoms with Gasteiger partial charge in [-0.25, -0.2) is 0 Å². The molecule has 1 aliphatic carbocycles. The number of benzene rings is 2. The molecule has 3 N–H and O–H groups in total. The smallest absolute Gasteiger partial charge is 0.119 e. The summed E-state index contributed by atoms with van der Waals surface area (Å²) in [5, 5.41) is 3.63. The van der Waals surface area contributed by atoms with E-state index in [1.54, 1.807) is 7.11 Å². The monoisotopic (exact) mass is 268 g/mol. The summed E-state index contributed by atoms with van der Waals surface area (Å²) in [4.78, 5) is 0. The Morgan fingerprint density at radius 3 is 3.00 bits per heavy atom. The van der Waals surface area contributed by atoms with Crippen molar-refractivity contribution in [3.8, 4) is 5.75 Å². The average molecular weight is 268 g/mol. The minimum atomic E-state index is 0.428. The molecule has 2 aromatic rings. The summed E-state index contributed by atoms with van der Waals surface area (Å²) in [6, 6.07) is 14.9. The summed E-state index contributed by atoms with van der Waals surface area (Å²) in [6.45, 7) is 0.853. The van der Waals surface area contributed by atoms with Crippen LogP contribution in [0.5, 0.6) is 5.75 Å². The number of aryl methyl sites for hydroxylation is 1. The number of hydrogen-bond donors (Lipinski definition) is 2. The molecule has 0 bridgehead atoms. The van der Waals surface area contributed by atoms with Crippen LogP contribution in [0, 0.1) is 0 Å². The molecular weight excluding hydrogens is 248 g/mol. The molecule has 0 aliphatic heterocycles. The zero-order chi connectivity index (χ0) is 13.9. The maximum atomic E-state index is 5.84. The molecule has 0 aromatic heterocycles. The quantitative estimate of drug-likeness (QED) is 0.838. The Balaban J connectivity index is 1.68. The van der Waals surface area contributed by atoms with Crippen LogP contribution in [0.3, 0.4) is 0 Å². The fourth-order valence-corrected chi connectivity index (χ4v) is 2.87. The van der Waals surface area contributed by atoms with E-state index < -0.39 is 0 Å². The van der Waals surface area contributed by atoms with Crippen LogP contribution in [-0.4, -0.2) is 7.11 Å². The van der Waals surface area contributed by atoms with Crippen LogP contribution in [0.15, 0.2) is 42.5 Å². The highest BCUT2D eigenvalue weighted by Gasteiger charge is 2.21. The number of ether oxygens (including phenoxy) is 1. The summed E-state index contributed by atoms with van der Waals surface area (Å²) in [5.74, 6) is 0.906. The Morgan fingerprint density at radius 2 is 2.15 bits per heavy atom. The number of rotatable bonds is 4. The predicted octanol–water partition coefficient (Wildman–Crippen LogP) is 3.05. The minimum absolute atomic E-state index is 0.428. The fraction of sp³-hybridized carbons (Fsp3) is 0.294. The first-order chi connectivity index (χ1) is 9.76. The molecule has 0 saturated heterocycles. The Kier molecular flexibility index (Phi) is 3.61. The molecule has 0 fully saturated rings. The van der Waals surface area contributed by atoms with Gasteiger partial charge in [0.05, 0.1) is 7.11 Å². The number of nitrogens with one attached hydrogen (secondary N) is 1. The molecule has 0 saturated carbocycles. The number of nitrogen functional groups attached to an aromatic ring is 1.